The van der Waals surface area contributed by atoms with E-state index in [0.29, 0.717) is 11.5 Å². The van der Waals surface area contributed by atoms with Gasteiger partial charge >= 0.3 is 11.9 Å². The minimum atomic E-state index is -2.35. The van der Waals surface area contributed by atoms with Gasteiger partial charge < -0.3 is 25.1 Å². The second-order valence-corrected chi connectivity index (χ2v) is 6.16. The summed E-state index contributed by atoms with van der Waals surface area (Å²) in [5.41, 5.74) is 1.79. The molecule has 2 atom stereocenters. The van der Waals surface area contributed by atoms with Crippen molar-refractivity contribution in [2.45, 2.75) is 24.9 Å². The number of imidazole rings is 1. The van der Waals surface area contributed by atoms with E-state index in [1.807, 2.05) is 6.92 Å². The van der Waals surface area contributed by atoms with Crippen LogP contribution in [0.2, 0.25) is 0 Å². The summed E-state index contributed by atoms with van der Waals surface area (Å²) in [5, 5.41) is 39.3. The number of carboxylic acids is 1. The van der Waals surface area contributed by atoms with Gasteiger partial charge in [0.25, 0.3) is 0 Å². The first-order valence-corrected chi connectivity index (χ1v) is 8.74. The molecule has 0 bridgehead atoms. The van der Waals surface area contributed by atoms with Crippen molar-refractivity contribution in [3.05, 3.63) is 17.7 Å². The van der Waals surface area contributed by atoms with E-state index in [0.717, 1.165) is 16.5 Å². The molecule has 5 N–H and O–H groups in total. The van der Waals surface area contributed by atoms with Gasteiger partial charge in [0.2, 0.25) is 5.96 Å². The fourth-order valence-electron chi connectivity index (χ4n) is 1.75. The summed E-state index contributed by atoms with van der Waals surface area (Å²) < 4.78 is 0. The number of guanidine groups is 1. The Morgan fingerprint density at radius 2 is 2.22 bits per heavy atom. The van der Waals surface area contributed by atoms with Crippen LogP contribution >= 0.6 is 11.8 Å². The fraction of sp³-hybridized carbons (Fsp3) is 0.500. The molecule has 1 aromatic rings. The molecule has 0 aliphatic heterocycles. The van der Waals surface area contributed by atoms with Gasteiger partial charge in [-0.2, -0.15) is 22.1 Å². The number of carboxylic acid groups (broad SMARTS) is 1. The molecule has 0 aliphatic rings. The first kappa shape index (κ1) is 22.2. The SMILES string of the molecule is CN=C(NC#N)N(CCSCc1nc[nH]c1C)OC(=O)C(O)C(O)C(=O)O. The van der Waals surface area contributed by atoms with Gasteiger partial charge in [0.15, 0.2) is 18.4 Å². The van der Waals surface area contributed by atoms with Gasteiger partial charge in [0.05, 0.1) is 18.6 Å². The number of aryl methyl sites for hydroxylation is 1. The Bertz CT molecular complexity index is 717. The second kappa shape index (κ2) is 11.0. The Morgan fingerprint density at radius 3 is 2.74 bits per heavy atom. The molecular formula is C14H20N6O6S. The number of carbonyl (C=O) groups is 2. The van der Waals surface area contributed by atoms with Crippen molar-refractivity contribution in [3.63, 3.8) is 0 Å². The summed E-state index contributed by atoms with van der Waals surface area (Å²) in [5.74, 6) is -2.31. The molecule has 0 aliphatic carbocycles. The third-order valence-corrected chi connectivity index (χ3v) is 4.17. The van der Waals surface area contributed by atoms with Gasteiger partial charge in [-0.15, -0.1) is 0 Å². The van der Waals surface area contributed by atoms with Gasteiger partial charge in [0.1, 0.15) is 0 Å². The number of aliphatic hydroxyl groups excluding tert-OH is 2. The van der Waals surface area contributed by atoms with Gasteiger partial charge in [-0.1, -0.05) is 0 Å². The van der Waals surface area contributed by atoms with Crippen LogP contribution in [-0.4, -0.2) is 79.8 Å². The molecule has 1 aromatic heterocycles. The second-order valence-electron chi connectivity index (χ2n) is 5.05. The number of hydrogen-bond donors (Lipinski definition) is 5. The van der Waals surface area contributed by atoms with Crippen molar-refractivity contribution in [3.8, 4) is 6.19 Å². The number of nitrogens with zero attached hydrogens (tertiary/aromatic N) is 4. The molecule has 0 amide bonds. The molecule has 13 heteroatoms. The first-order chi connectivity index (χ1) is 12.8. The number of rotatable bonds is 8. The van der Waals surface area contributed by atoms with Crippen molar-refractivity contribution in [2.75, 3.05) is 19.3 Å². The van der Waals surface area contributed by atoms with Crippen molar-refractivity contribution in [2.24, 2.45) is 4.99 Å². The lowest BCUT2D eigenvalue weighted by Gasteiger charge is -2.24. The molecule has 1 heterocycles. The van der Waals surface area contributed by atoms with E-state index in [1.54, 1.807) is 12.5 Å². The third kappa shape index (κ3) is 6.77. The zero-order valence-corrected chi connectivity index (χ0v) is 15.4. The molecule has 0 fully saturated rings. The Labute approximate surface area is 158 Å². The van der Waals surface area contributed by atoms with E-state index in [-0.39, 0.29) is 12.5 Å². The lowest BCUT2D eigenvalue weighted by molar-refractivity contribution is -0.192. The number of aliphatic carboxylic acids is 1. The highest BCUT2D eigenvalue weighted by Crippen LogP contribution is 2.13. The van der Waals surface area contributed by atoms with Crippen molar-refractivity contribution >= 4 is 29.7 Å². The monoisotopic (exact) mass is 400 g/mol. The number of nitrogens with one attached hydrogen (secondary N) is 2. The van der Waals surface area contributed by atoms with Crippen LogP contribution in [0.3, 0.4) is 0 Å². The van der Waals surface area contributed by atoms with Crippen LogP contribution in [0.15, 0.2) is 11.3 Å². The number of nitriles is 1. The minimum absolute atomic E-state index is 0.0666. The average molecular weight is 400 g/mol. The van der Waals surface area contributed by atoms with Gasteiger partial charge in [-0.05, 0) is 6.92 Å². The van der Waals surface area contributed by atoms with Crippen LogP contribution < -0.4 is 5.32 Å². The highest BCUT2D eigenvalue weighted by atomic mass is 32.2. The Morgan fingerprint density at radius 1 is 1.52 bits per heavy atom. The summed E-state index contributed by atoms with van der Waals surface area (Å²) >= 11 is 1.46. The van der Waals surface area contributed by atoms with E-state index in [2.05, 4.69) is 20.3 Å². The maximum atomic E-state index is 11.9. The molecule has 1 rings (SSSR count). The van der Waals surface area contributed by atoms with Gasteiger partial charge in [-0.3, -0.25) is 10.3 Å². The van der Waals surface area contributed by atoms with Crippen LogP contribution in [0.4, 0.5) is 0 Å². The maximum absolute atomic E-state index is 11.9. The minimum Gasteiger partial charge on any atom is -0.479 e. The predicted molar refractivity (Wildman–Crippen MR) is 94.0 cm³/mol. The third-order valence-electron chi connectivity index (χ3n) is 3.22. The summed E-state index contributed by atoms with van der Waals surface area (Å²) in [6, 6.07) is 0. The number of H-pyrrole nitrogens is 1. The Kier molecular flexibility index (Phi) is 9.06. The molecule has 0 spiro atoms. The normalized spacial score (nSPS) is 13.4. The molecule has 0 saturated carbocycles. The lowest BCUT2D eigenvalue weighted by Crippen LogP contribution is -2.47. The molecular weight excluding hydrogens is 380 g/mol. The van der Waals surface area contributed by atoms with Gasteiger partial charge in [-0.25, -0.2) is 14.6 Å². The van der Waals surface area contributed by atoms with Crippen LogP contribution in [0.5, 0.6) is 0 Å². The van der Waals surface area contributed by atoms with E-state index in [9.17, 15) is 19.8 Å². The van der Waals surface area contributed by atoms with Crippen LogP contribution in [0, 0.1) is 18.4 Å². The topological polar surface area (TPSA) is 184 Å². The number of carbonyl (C=O) groups excluding carboxylic acids is 1. The van der Waals surface area contributed by atoms with Crippen LogP contribution in [0.1, 0.15) is 11.4 Å². The summed E-state index contributed by atoms with van der Waals surface area (Å²) in [6.07, 6.45) is -1.45. The zero-order valence-electron chi connectivity index (χ0n) is 14.6. The van der Waals surface area contributed by atoms with E-state index in [4.69, 9.17) is 15.2 Å². The number of hydrogen-bond acceptors (Lipinski definition) is 9. The average Bonchev–Trinajstić information content (AvgIpc) is 3.05. The summed E-state index contributed by atoms with van der Waals surface area (Å²) in [7, 11) is 1.34. The Balaban J connectivity index is 2.69. The number of hydroxylamine groups is 2. The van der Waals surface area contributed by atoms with E-state index in [1.165, 1.54) is 18.8 Å². The van der Waals surface area contributed by atoms with Crippen molar-refractivity contribution in [1.29, 1.82) is 5.26 Å². The van der Waals surface area contributed by atoms with Crippen molar-refractivity contribution in [1.82, 2.24) is 20.3 Å². The fourth-order valence-corrected chi connectivity index (χ4v) is 2.67. The highest BCUT2D eigenvalue weighted by molar-refractivity contribution is 7.98. The number of aromatic amines is 1. The quantitative estimate of drug-likeness (QED) is 0.0861. The number of aliphatic hydroxyl groups is 2. The van der Waals surface area contributed by atoms with Crippen molar-refractivity contribution < 1.29 is 29.7 Å². The summed E-state index contributed by atoms with van der Waals surface area (Å²) in [6.45, 7) is 1.95. The molecule has 2 unspecified atom stereocenters. The molecule has 0 radical (unpaired) electrons. The van der Waals surface area contributed by atoms with E-state index >= 15 is 0 Å². The van der Waals surface area contributed by atoms with Crippen LogP contribution in [0.25, 0.3) is 0 Å². The Hall–Kier alpha value is -2.82. The zero-order chi connectivity index (χ0) is 20.4. The molecule has 0 saturated heterocycles. The lowest BCUT2D eigenvalue weighted by atomic mass is 10.2. The molecule has 0 aromatic carbocycles. The van der Waals surface area contributed by atoms with Gasteiger partial charge in [0, 0.05) is 24.2 Å². The number of aliphatic imine (C=N–C) groups is 1. The van der Waals surface area contributed by atoms with Crippen LogP contribution in [-0.2, 0) is 20.2 Å². The highest BCUT2D eigenvalue weighted by Gasteiger charge is 2.33. The predicted octanol–water partition coefficient (Wildman–Crippen LogP) is -1.43. The summed E-state index contributed by atoms with van der Waals surface area (Å²) in [4.78, 5) is 38.3. The number of thioether (sulfide) groups is 1. The first-order valence-electron chi connectivity index (χ1n) is 7.58. The smallest absolute Gasteiger partial charge is 0.364 e. The molecule has 148 valence electrons. The largest absolute Gasteiger partial charge is 0.479 e. The molecule has 27 heavy (non-hydrogen) atoms. The van der Waals surface area contributed by atoms with E-state index < -0.39 is 24.1 Å². The maximum Gasteiger partial charge on any atom is 0.364 e. The standard InChI is InChI=1S/C14H20N6O6S/c1-8-9(19-7-18-8)5-27-4-3-20(14(16-2)17-6-15)26-13(25)11(22)10(21)12(23)24/h7,10-11,21-22H,3-5H2,1-2H3,(H,16,17)(H,18,19)(H,23,24). The molecule has 12 nitrogen and oxygen atoms in total. The number of aromatic nitrogens is 2.